The first-order chi connectivity index (χ1) is 8.95. The summed E-state index contributed by atoms with van der Waals surface area (Å²) in [4.78, 5) is 15.6. The van der Waals surface area contributed by atoms with E-state index in [0.717, 1.165) is 16.8 Å². The van der Waals surface area contributed by atoms with E-state index in [-0.39, 0.29) is 5.78 Å². The van der Waals surface area contributed by atoms with Crippen LogP contribution < -0.4 is 10.5 Å². The van der Waals surface area contributed by atoms with Crippen LogP contribution in [0.3, 0.4) is 0 Å². The van der Waals surface area contributed by atoms with Gasteiger partial charge in [0, 0.05) is 11.3 Å². The fraction of sp³-hybridized carbons (Fsp3) is 0.267. The Balaban J connectivity index is 2.47. The van der Waals surface area contributed by atoms with E-state index in [0.29, 0.717) is 22.7 Å². The van der Waals surface area contributed by atoms with Gasteiger partial charge in [-0.05, 0) is 50.1 Å². The van der Waals surface area contributed by atoms with Crippen LogP contribution in [0, 0.1) is 20.8 Å². The lowest BCUT2D eigenvalue weighted by Crippen LogP contribution is -2.05. The number of H-pyrrole nitrogens is 1. The molecule has 1 aromatic carbocycles. The van der Waals surface area contributed by atoms with Crippen LogP contribution in [0.4, 0.5) is 5.69 Å². The summed E-state index contributed by atoms with van der Waals surface area (Å²) in [7, 11) is 1.54. The average Bonchev–Trinajstić information content (AvgIpc) is 2.66. The molecule has 0 bridgehead atoms. The van der Waals surface area contributed by atoms with Gasteiger partial charge in [0.25, 0.3) is 0 Å². The summed E-state index contributed by atoms with van der Waals surface area (Å²) in [6.45, 7) is 5.91. The highest BCUT2D eigenvalue weighted by molar-refractivity contribution is 6.09. The molecule has 1 aromatic heterocycles. The van der Waals surface area contributed by atoms with E-state index in [4.69, 9.17) is 10.5 Å². The zero-order valence-electron chi connectivity index (χ0n) is 11.6. The average molecular weight is 258 g/mol. The number of hydrogen-bond acceptors (Lipinski definition) is 3. The third kappa shape index (κ3) is 2.21. The Morgan fingerprint density at radius 3 is 2.42 bits per heavy atom. The molecule has 3 N–H and O–H groups in total. The van der Waals surface area contributed by atoms with Gasteiger partial charge in [-0.1, -0.05) is 0 Å². The van der Waals surface area contributed by atoms with Crippen molar-refractivity contribution in [1.82, 2.24) is 4.98 Å². The predicted octanol–water partition coefficient (Wildman–Crippen LogP) is 2.76. The molecule has 2 aromatic rings. The van der Waals surface area contributed by atoms with E-state index < -0.39 is 0 Å². The molecule has 0 fully saturated rings. The zero-order valence-corrected chi connectivity index (χ0v) is 11.6. The molecule has 19 heavy (non-hydrogen) atoms. The quantitative estimate of drug-likeness (QED) is 0.657. The number of nitrogens with two attached hydrogens (primary N) is 1. The van der Waals surface area contributed by atoms with Crippen molar-refractivity contribution in [2.24, 2.45) is 0 Å². The van der Waals surface area contributed by atoms with Gasteiger partial charge in [0.05, 0.1) is 18.5 Å². The van der Waals surface area contributed by atoms with Crippen LogP contribution in [-0.2, 0) is 0 Å². The molecule has 0 atom stereocenters. The standard InChI is InChI=1S/C15H18N2O2/c1-8-9(2)14(17-10(8)3)15(18)11-5-6-12(16)13(7-11)19-4/h5-7,17H,16H2,1-4H3. The number of benzene rings is 1. The van der Waals surface area contributed by atoms with Crippen LogP contribution in [-0.4, -0.2) is 17.9 Å². The molecule has 0 aliphatic heterocycles. The van der Waals surface area contributed by atoms with Gasteiger partial charge in [0.15, 0.2) is 0 Å². The van der Waals surface area contributed by atoms with Gasteiger partial charge in [-0.25, -0.2) is 0 Å². The molecule has 0 spiro atoms. The molecule has 0 aliphatic carbocycles. The van der Waals surface area contributed by atoms with Gasteiger partial charge in [-0.15, -0.1) is 0 Å². The van der Waals surface area contributed by atoms with Gasteiger partial charge < -0.3 is 15.5 Å². The van der Waals surface area contributed by atoms with Crippen LogP contribution in [0.2, 0.25) is 0 Å². The largest absolute Gasteiger partial charge is 0.495 e. The van der Waals surface area contributed by atoms with Gasteiger partial charge in [-0.3, -0.25) is 4.79 Å². The molecular formula is C15H18N2O2. The number of methoxy groups -OCH3 is 1. The van der Waals surface area contributed by atoms with Crippen LogP contribution in [0.15, 0.2) is 18.2 Å². The van der Waals surface area contributed by atoms with E-state index in [1.807, 2.05) is 20.8 Å². The summed E-state index contributed by atoms with van der Waals surface area (Å²) in [6, 6.07) is 5.07. The number of ether oxygens (including phenoxy) is 1. The van der Waals surface area contributed by atoms with Crippen LogP contribution in [0.25, 0.3) is 0 Å². The first-order valence-electron chi connectivity index (χ1n) is 6.09. The molecule has 0 saturated heterocycles. The number of aromatic nitrogens is 1. The number of aryl methyl sites for hydroxylation is 1. The lowest BCUT2D eigenvalue weighted by Gasteiger charge is -2.07. The van der Waals surface area contributed by atoms with Gasteiger partial charge >= 0.3 is 0 Å². The molecule has 2 rings (SSSR count). The highest BCUT2D eigenvalue weighted by atomic mass is 16.5. The van der Waals surface area contributed by atoms with Crippen LogP contribution in [0.5, 0.6) is 5.75 Å². The first kappa shape index (κ1) is 13.2. The van der Waals surface area contributed by atoms with Crippen molar-refractivity contribution < 1.29 is 9.53 Å². The molecule has 100 valence electrons. The minimum atomic E-state index is -0.0491. The van der Waals surface area contributed by atoms with Crippen molar-refractivity contribution in [3.63, 3.8) is 0 Å². The summed E-state index contributed by atoms with van der Waals surface area (Å²) >= 11 is 0. The fourth-order valence-electron chi connectivity index (χ4n) is 2.07. The Morgan fingerprint density at radius 1 is 1.21 bits per heavy atom. The van der Waals surface area contributed by atoms with Crippen molar-refractivity contribution in [3.05, 3.63) is 46.3 Å². The molecule has 0 amide bonds. The Bertz CT molecular complexity index is 642. The minimum absolute atomic E-state index is 0.0491. The zero-order chi connectivity index (χ0) is 14.2. The summed E-state index contributed by atoms with van der Waals surface area (Å²) in [5.41, 5.74) is 10.6. The molecule has 4 nitrogen and oxygen atoms in total. The van der Waals surface area contributed by atoms with Crippen molar-refractivity contribution in [1.29, 1.82) is 0 Å². The maximum atomic E-state index is 12.5. The topological polar surface area (TPSA) is 68.1 Å². The molecule has 1 heterocycles. The van der Waals surface area contributed by atoms with Crippen LogP contribution in [0.1, 0.15) is 32.9 Å². The normalized spacial score (nSPS) is 10.5. The van der Waals surface area contributed by atoms with E-state index in [9.17, 15) is 4.79 Å². The second-order valence-corrected chi connectivity index (χ2v) is 4.66. The molecular weight excluding hydrogens is 240 g/mol. The Labute approximate surface area is 112 Å². The van der Waals surface area contributed by atoms with E-state index in [1.165, 1.54) is 7.11 Å². The van der Waals surface area contributed by atoms with Gasteiger partial charge in [-0.2, -0.15) is 0 Å². The first-order valence-corrected chi connectivity index (χ1v) is 6.09. The number of rotatable bonds is 3. The lowest BCUT2D eigenvalue weighted by molar-refractivity contribution is 0.103. The third-order valence-corrected chi connectivity index (χ3v) is 3.54. The summed E-state index contributed by atoms with van der Waals surface area (Å²) < 4.78 is 5.14. The highest BCUT2D eigenvalue weighted by Crippen LogP contribution is 2.25. The lowest BCUT2D eigenvalue weighted by atomic mass is 10.0. The van der Waals surface area contributed by atoms with Crippen molar-refractivity contribution in [2.45, 2.75) is 20.8 Å². The molecule has 0 radical (unpaired) electrons. The summed E-state index contributed by atoms with van der Waals surface area (Å²) in [6.07, 6.45) is 0. The number of nitrogens with one attached hydrogen (secondary N) is 1. The summed E-state index contributed by atoms with van der Waals surface area (Å²) in [5.74, 6) is 0.468. The Morgan fingerprint density at radius 2 is 1.89 bits per heavy atom. The van der Waals surface area contributed by atoms with E-state index in [1.54, 1.807) is 18.2 Å². The third-order valence-electron chi connectivity index (χ3n) is 3.54. The Hall–Kier alpha value is -2.23. The molecule has 0 aliphatic rings. The summed E-state index contributed by atoms with van der Waals surface area (Å²) in [5, 5.41) is 0. The fourth-order valence-corrected chi connectivity index (χ4v) is 2.07. The number of carbonyl (C=O) groups is 1. The minimum Gasteiger partial charge on any atom is -0.495 e. The van der Waals surface area contributed by atoms with Crippen LogP contribution >= 0.6 is 0 Å². The smallest absolute Gasteiger partial charge is 0.209 e. The monoisotopic (exact) mass is 258 g/mol. The molecule has 4 heteroatoms. The predicted molar refractivity (Wildman–Crippen MR) is 75.8 cm³/mol. The van der Waals surface area contributed by atoms with Crippen molar-refractivity contribution >= 4 is 11.5 Å². The van der Waals surface area contributed by atoms with Crippen molar-refractivity contribution in [2.75, 3.05) is 12.8 Å². The van der Waals surface area contributed by atoms with Gasteiger partial charge in [0.1, 0.15) is 5.75 Å². The Kier molecular flexibility index (Phi) is 3.34. The number of carbonyl (C=O) groups excluding carboxylic acids is 1. The second-order valence-electron chi connectivity index (χ2n) is 4.66. The highest BCUT2D eigenvalue weighted by Gasteiger charge is 2.17. The number of hydrogen-bond donors (Lipinski definition) is 2. The number of anilines is 1. The van der Waals surface area contributed by atoms with E-state index >= 15 is 0 Å². The maximum Gasteiger partial charge on any atom is 0.209 e. The number of ketones is 1. The van der Waals surface area contributed by atoms with E-state index in [2.05, 4.69) is 4.98 Å². The van der Waals surface area contributed by atoms with Gasteiger partial charge in [0.2, 0.25) is 5.78 Å². The maximum absolute atomic E-state index is 12.5. The molecule has 0 unspecified atom stereocenters. The molecule has 0 saturated carbocycles. The number of nitrogen functional groups attached to an aromatic ring is 1. The van der Waals surface area contributed by atoms with Crippen molar-refractivity contribution in [3.8, 4) is 5.75 Å². The number of aromatic amines is 1. The SMILES string of the molecule is COc1cc(C(=O)c2[nH]c(C)c(C)c2C)ccc1N. The second kappa shape index (κ2) is 4.80.